The maximum atomic E-state index is 13.2. The SMILES string of the molecule is COc1ccc(CCN/C=C(\Cc2c(O)ccc3ccccc23)C(=O)C(F)(F)F)cc1. The molecule has 0 amide bonds. The van der Waals surface area contributed by atoms with Crippen molar-refractivity contribution in [3.05, 3.63) is 83.6 Å². The normalized spacial score (nSPS) is 12.1. The second kappa shape index (κ2) is 9.55. The number of methoxy groups -OCH3 is 1. The van der Waals surface area contributed by atoms with Gasteiger partial charge in [0.1, 0.15) is 11.5 Å². The highest BCUT2D eigenvalue weighted by Gasteiger charge is 2.40. The molecule has 3 rings (SSSR count). The number of carbonyl (C=O) groups excluding carboxylic acids is 1. The minimum absolute atomic E-state index is 0.155. The van der Waals surface area contributed by atoms with E-state index >= 15 is 0 Å². The average Bonchev–Trinajstić information content (AvgIpc) is 2.76. The fourth-order valence-electron chi connectivity index (χ4n) is 3.28. The number of benzene rings is 3. The molecule has 0 saturated carbocycles. The van der Waals surface area contributed by atoms with Gasteiger partial charge in [-0.25, -0.2) is 0 Å². The number of nitrogens with one attached hydrogen (secondary N) is 1. The molecule has 0 unspecified atom stereocenters. The number of hydrogen-bond acceptors (Lipinski definition) is 4. The first-order valence-corrected chi connectivity index (χ1v) is 9.66. The Morgan fingerprint density at radius 3 is 2.45 bits per heavy atom. The van der Waals surface area contributed by atoms with Gasteiger partial charge in [-0.1, -0.05) is 42.5 Å². The second-order valence-electron chi connectivity index (χ2n) is 7.01. The van der Waals surface area contributed by atoms with E-state index in [4.69, 9.17) is 4.74 Å². The lowest BCUT2D eigenvalue weighted by atomic mass is 9.96. The number of halogens is 3. The highest BCUT2D eigenvalue weighted by atomic mass is 19.4. The molecule has 0 aromatic heterocycles. The van der Waals surface area contributed by atoms with E-state index in [9.17, 15) is 23.1 Å². The van der Waals surface area contributed by atoms with Gasteiger partial charge in [0, 0.05) is 30.3 Å². The van der Waals surface area contributed by atoms with Crippen molar-refractivity contribution in [2.24, 2.45) is 0 Å². The highest BCUT2D eigenvalue weighted by Crippen LogP contribution is 2.31. The Morgan fingerprint density at radius 2 is 1.77 bits per heavy atom. The molecule has 0 radical (unpaired) electrons. The second-order valence-corrected chi connectivity index (χ2v) is 7.01. The first-order valence-electron chi connectivity index (χ1n) is 9.66. The first kappa shape index (κ1) is 22.2. The fourth-order valence-corrected chi connectivity index (χ4v) is 3.28. The molecule has 3 aromatic carbocycles. The first-order chi connectivity index (χ1) is 14.8. The predicted molar refractivity (Wildman–Crippen MR) is 113 cm³/mol. The lowest BCUT2D eigenvalue weighted by molar-refractivity contribution is -0.166. The summed E-state index contributed by atoms with van der Waals surface area (Å²) in [6.45, 7) is 0.336. The Balaban J connectivity index is 1.80. The van der Waals surface area contributed by atoms with Crippen LogP contribution in [0.25, 0.3) is 10.8 Å². The van der Waals surface area contributed by atoms with E-state index in [1.807, 2.05) is 12.1 Å². The zero-order valence-corrected chi connectivity index (χ0v) is 16.9. The zero-order valence-electron chi connectivity index (χ0n) is 16.9. The molecule has 162 valence electrons. The summed E-state index contributed by atoms with van der Waals surface area (Å²) in [4.78, 5) is 12.0. The van der Waals surface area contributed by atoms with Crippen molar-refractivity contribution in [2.75, 3.05) is 13.7 Å². The molecular weight excluding hydrogens is 407 g/mol. The van der Waals surface area contributed by atoms with Crippen LogP contribution < -0.4 is 10.1 Å². The van der Waals surface area contributed by atoms with E-state index in [2.05, 4.69) is 5.32 Å². The van der Waals surface area contributed by atoms with Gasteiger partial charge in [0.25, 0.3) is 5.78 Å². The Labute approximate surface area is 178 Å². The van der Waals surface area contributed by atoms with Crippen LogP contribution in [0.2, 0.25) is 0 Å². The number of phenolic OH excluding ortho intramolecular Hbond substituents is 1. The van der Waals surface area contributed by atoms with Gasteiger partial charge in [-0.05, 0) is 41.0 Å². The average molecular weight is 429 g/mol. The van der Waals surface area contributed by atoms with Gasteiger partial charge < -0.3 is 15.2 Å². The predicted octanol–water partition coefficient (Wildman–Crippen LogP) is 4.94. The van der Waals surface area contributed by atoms with Crippen molar-refractivity contribution in [2.45, 2.75) is 19.0 Å². The maximum absolute atomic E-state index is 13.2. The molecule has 7 heteroatoms. The summed E-state index contributed by atoms with van der Waals surface area (Å²) in [5.74, 6) is -1.38. The van der Waals surface area contributed by atoms with Crippen LogP contribution >= 0.6 is 0 Å². The number of allylic oxidation sites excluding steroid dienone is 1. The topological polar surface area (TPSA) is 58.6 Å². The highest BCUT2D eigenvalue weighted by molar-refractivity contribution is 6.01. The van der Waals surface area contributed by atoms with Gasteiger partial charge in [-0.15, -0.1) is 0 Å². The summed E-state index contributed by atoms with van der Waals surface area (Å²) in [6, 6.07) is 17.4. The number of ether oxygens (including phenoxy) is 1. The molecule has 0 fully saturated rings. The molecule has 0 heterocycles. The molecule has 2 N–H and O–H groups in total. The summed E-state index contributed by atoms with van der Waals surface area (Å²) in [6.07, 6.45) is -3.71. The molecule has 0 saturated heterocycles. The standard InChI is InChI=1S/C24H22F3NO3/c1-31-19-9-6-16(7-10-19)12-13-28-15-18(23(30)24(25,26)27)14-21-20-5-3-2-4-17(20)8-11-22(21)29/h2-11,15,28-29H,12-14H2,1H3/b18-15+. The molecule has 0 aliphatic carbocycles. The van der Waals surface area contributed by atoms with Gasteiger partial charge in [0.05, 0.1) is 7.11 Å². The van der Waals surface area contributed by atoms with E-state index in [0.29, 0.717) is 24.1 Å². The number of rotatable bonds is 8. The van der Waals surface area contributed by atoms with Crippen LogP contribution in [0.5, 0.6) is 11.5 Å². The van der Waals surface area contributed by atoms with Crippen molar-refractivity contribution in [1.29, 1.82) is 0 Å². The number of fused-ring (bicyclic) bond motifs is 1. The molecule has 4 nitrogen and oxygen atoms in total. The molecule has 31 heavy (non-hydrogen) atoms. The number of aromatic hydroxyl groups is 1. The summed E-state index contributed by atoms with van der Waals surface area (Å²) in [7, 11) is 1.56. The molecule has 0 atom stereocenters. The van der Waals surface area contributed by atoms with E-state index in [1.165, 1.54) is 6.07 Å². The van der Waals surface area contributed by atoms with Gasteiger partial charge in [0.2, 0.25) is 0 Å². The van der Waals surface area contributed by atoms with Crippen LogP contribution in [0, 0.1) is 0 Å². The maximum Gasteiger partial charge on any atom is 0.454 e. The molecular formula is C24H22F3NO3. The lowest BCUT2D eigenvalue weighted by Crippen LogP contribution is -2.27. The summed E-state index contributed by atoms with van der Waals surface area (Å²) >= 11 is 0. The van der Waals surface area contributed by atoms with E-state index in [1.54, 1.807) is 49.6 Å². The summed E-state index contributed by atoms with van der Waals surface area (Å²) < 4.78 is 44.6. The number of ketones is 1. The zero-order chi connectivity index (χ0) is 22.4. The quantitative estimate of drug-likeness (QED) is 0.393. The molecule has 0 bridgehead atoms. The van der Waals surface area contributed by atoms with Crippen LogP contribution in [0.1, 0.15) is 11.1 Å². The third-order valence-electron chi connectivity index (χ3n) is 4.93. The number of hydrogen-bond donors (Lipinski definition) is 2. The van der Waals surface area contributed by atoms with E-state index < -0.39 is 17.5 Å². The van der Waals surface area contributed by atoms with Gasteiger partial charge >= 0.3 is 6.18 Å². The van der Waals surface area contributed by atoms with Crippen molar-refractivity contribution in [1.82, 2.24) is 5.32 Å². The fraction of sp³-hybridized carbons (Fsp3) is 0.208. The third kappa shape index (κ3) is 5.57. The Morgan fingerprint density at radius 1 is 1.06 bits per heavy atom. The van der Waals surface area contributed by atoms with Crippen LogP contribution in [0.15, 0.2) is 72.4 Å². The number of carbonyl (C=O) groups is 1. The van der Waals surface area contributed by atoms with Crippen molar-refractivity contribution in [3.8, 4) is 11.5 Å². The summed E-state index contributed by atoms with van der Waals surface area (Å²) in [5.41, 5.74) is 0.782. The largest absolute Gasteiger partial charge is 0.508 e. The summed E-state index contributed by atoms with van der Waals surface area (Å²) in [5, 5.41) is 14.4. The minimum Gasteiger partial charge on any atom is -0.508 e. The molecule has 0 aliphatic heterocycles. The number of phenols is 1. The van der Waals surface area contributed by atoms with Crippen molar-refractivity contribution in [3.63, 3.8) is 0 Å². The Hall–Kier alpha value is -3.48. The van der Waals surface area contributed by atoms with Crippen LogP contribution in [0.4, 0.5) is 13.2 Å². The van der Waals surface area contributed by atoms with Crippen LogP contribution in [-0.4, -0.2) is 30.7 Å². The Kier molecular flexibility index (Phi) is 6.84. The van der Waals surface area contributed by atoms with Crippen molar-refractivity contribution >= 4 is 16.6 Å². The minimum atomic E-state index is -5.01. The van der Waals surface area contributed by atoms with Crippen LogP contribution in [-0.2, 0) is 17.6 Å². The van der Waals surface area contributed by atoms with E-state index in [-0.39, 0.29) is 17.7 Å². The van der Waals surface area contributed by atoms with Crippen molar-refractivity contribution < 1.29 is 27.8 Å². The van der Waals surface area contributed by atoms with Gasteiger partial charge in [-0.2, -0.15) is 13.2 Å². The monoisotopic (exact) mass is 429 g/mol. The number of alkyl halides is 3. The van der Waals surface area contributed by atoms with E-state index in [0.717, 1.165) is 17.1 Å². The Bertz CT molecular complexity index is 1090. The smallest absolute Gasteiger partial charge is 0.454 e. The number of Topliss-reactive ketones (excluding diaryl/α,β-unsaturated/α-hetero) is 1. The molecule has 3 aromatic rings. The molecule has 0 spiro atoms. The molecule has 0 aliphatic rings. The van der Waals surface area contributed by atoms with Crippen LogP contribution in [0.3, 0.4) is 0 Å². The third-order valence-corrected chi connectivity index (χ3v) is 4.93. The lowest BCUT2D eigenvalue weighted by Gasteiger charge is -2.14. The van der Waals surface area contributed by atoms with Gasteiger partial charge in [-0.3, -0.25) is 4.79 Å². The van der Waals surface area contributed by atoms with Gasteiger partial charge in [0.15, 0.2) is 0 Å².